The molecule has 0 saturated carbocycles. The number of ketones is 1. The molecule has 21 heavy (non-hydrogen) atoms. The Kier molecular flexibility index (Phi) is 5.69. The molecule has 1 aliphatic heterocycles. The molecule has 7 heteroatoms. The fourth-order valence-corrected chi connectivity index (χ4v) is 2.08. The van der Waals surface area contributed by atoms with Crippen LogP contribution in [0.5, 0.6) is 0 Å². The highest BCUT2D eigenvalue weighted by molar-refractivity contribution is 5.99. The first-order chi connectivity index (χ1) is 9.64. The number of esters is 1. The first kappa shape index (κ1) is 17.4. The minimum Gasteiger partial charge on any atom is -0.466 e. The molecule has 1 rings (SSSR count). The Bertz CT molecular complexity index is 418. The summed E-state index contributed by atoms with van der Waals surface area (Å²) in [6, 6.07) is -0.973. The minimum atomic E-state index is -1.30. The van der Waals surface area contributed by atoms with Gasteiger partial charge in [-0.25, -0.2) is 9.18 Å². The zero-order valence-electron chi connectivity index (χ0n) is 12.8. The summed E-state index contributed by atoms with van der Waals surface area (Å²) in [5, 5.41) is 0. The Morgan fingerprint density at radius 2 is 1.90 bits per heavy atom. The van der Waals surface area contributed by atoms with Crippen molar-refractivity contribution in [2.75, 3.05) is 13.2 Å². The number of Topliss-reactive ketones (excluding diaryl/α,β-unsaturated/α-hetero) is 1. The zero-order chi connectivity index (χ0) is 16.2. The number of rotatable bonds is 4. The van der Waals surface area contributed by atoms with Crippen molar-refractivity contribution in [1.29, 1.82) is 0 Å². The summed E-state index contributed by atoms with van der Waals surface area (Å²) in [7, 11) is 0. The van der Waals surface area contributed by atoms with E-state index in [0.717, 1.165) is 4.90 Å². The van der Waals surface area contributed by atoms with Crippen LogP contribution in [0.4, 0.5) is 9.18 Å². The van der Waals surface area contributed by atoms with Gasteiger partial charge in [-0.2, -0.15) is 0 Å². The molecule has 120 valence electrons. The standard InChI is InChI=1S/C14H22FNO5/c1-5-20-12(18)7-11(17)10-6-9(15)8-16(10)13(19)21-14(2,3)4/h9-10H,5-8H2,1-4H3. The number of carbonyl (C=O) groups is 3. The molecule has 0 spiro atoms. The molecular weight excluding hydrogens is 281 g/mol. The summed E-state index contributed by atoms with van der Waals surface area (Å²) < 4.78 is 23.4. The third-order valence-corrected chi connectivity index (χ3v) is 2.87. The second-order valence-electron chi connectivity index (χ2n) is 5.93. The van der Waals surface area contributed by atoms with Gasteiger partial charge in [-0.1, -0.05) is 0 Å². The van der Waals surface area contributed by atoms with Crippen molar-refractivity contribution < 1.29 is 28.2 Å². The van der Waals surface area contributed by atoms with Crippen molar-refractivity contribution in [2.45, 2.75) is 58.4 Å². The number of halogens is 1. The lowest BCUT2D eigenvalue weighted by Gasteiger charge is -2.27. The van der Waals surface area contributed by atoms with E-state index in [4.69, 9.17) is 4.74 Å². The van der Waals surface area contributed by atoms with Crippen LogP contribution in [0.3, 0.4) is 0 Å². The Labute approximate surface area is 123 Å². The van der Waals surface area contributed by atoms with Crippen molar-refractivity contribution in [3.8, 4) is 0 Å². The van der Waals surface area contributed by atoms with Gasteiger partial charge >= 0.3 is 12.1 Å². The van der Waals surface area contributed by atoms with Gasteiger partial charge in [0.15, 0.2) is 5.78 Å². The average molecular weight is 303 g/mol. The van der Waals surface area contributed by atoms with Crippen molar-refractivity contribution >= 4 is 17.8 Å². The van der Waals surface area contributed by atoms with Crippen LogP contribution >= 0.6 is 0 Å². The van der Waals surface area contributed by atoms with Gasteiger partial charge in [-0.05, 0) is 27.7 Å². The number of ether oxygens (including phenoxy) is 2. The van der Waals surface area contributed by atoms with Crippen LogP contribution in [-0.2, 0) is 19.1 Å². The Morgan fingerprint density at radius 1 is 1.29 bits per heavy atom. The molecule has 2 atom stereocenters. The van der Waals surface area contributed by atoms with Gasteiger partial charge in [0.25, 0.3) is 0 Å². The van der Waals surface area contributed by atoms with Gasteiger partial charge < -0.3 is 9.47 Å². The van der Waals surface area contributed by atoms with Gasteiger partial charge in [0.2, 0.25) is 0 Å². The van der Waals surface area contributed by atoms with Gasteiger partial charge in [0, 0.05) is 6.42 Å². The van der Waals surface area contributed by atoms with E-state index in [1.807, 2.05) is 0 Å². The van der Waals surface area contributed by atoms with Crippen molar-refractivity contribution in [3.05, 3.63) is 0 Å². The number of carbonyl (C=O) groups excluding carboxylic acids is 3. The van der Waals surface area contributed by atoms with Crippen LogP contribution in [0.25, 0.3) is 0 Å². The van der Waals surface area contributed by atoms with E-state index < -0.39 is 42.1 Å². The summed E-state index contributed by atoms with van der Waals surface area (Å²) >= 11 is 0. The van der Waals surface area contributed by atoms with Crippen LogP contribution in [-0.4, -0.2) is 53.7 Å². The highest BCUT2D eigenvalue weighted by atomic mass is 19.1. The van der Waals surface area contributed by atoms with E-state index in [1.165, 1.54) is 0 Å². The summed E-state index contributed by atoms with van der Waals surface area (Å²) in [5.41, 5.74) is -0.736. The van der Waals surface area contributed by atoms with E-state index in [-0.39, 0.29) is 19.6 Å². The van der Waals surface area contributed by atoms with E-state index in [0.29, 0.717) is 0 Å². The average Bonchev–Trinajstić information content (AvgIpc) is 2.69. The molecule has 0 radical (unpaired) electrons. The second-order valence-corrected chi connectivity index (χ2v) is 5.93. The van der Waals surface area contributed by atoms with Crippen molar-refractivity contribution in [2.24, 2.45) is 0 Å². The molecule has 1 amide bonds. The highest BCUT2D eigenvalue weighted by Gasteiger charge is 2.41. The number of nitrogens with zero attached hydrogens (tertiary/aromatic N) is 1. The highest BCUT2D eigenvalue weighted by Crippen LogP contribution is 2.24. The van der Waals surface area contributed by atoms with E-state index in [2.05, 4.69) is 4.74 Å². The molecule has 1 heterocycles. The third-order valence-electron chi connectivity index (χ3n) is 2.87. The van der Waals surface area contributed by atoms with Gasteiger partial charge in [-0.15, -0.1) is 0 Å². The molecule has 0 aromatic rings. The lowest BCUT2D eigenvalue weighted by Crippen LogP contribution is -2.44. The topological polar surface area (TPSA) is 72.9 Å². The number of likely N-dealkylation sites (tertiary alicyclic amines) is 1. The van der Waals surface area contributed by atoms with Gasteiger partial charge in [0.05, 0.1) is 19.2 Å². The van der Waals surface area contributed by atoms with E-state index in [1.54, 1.807) is 27.7 Å². The first-order valence-electron chi connectivity index (χ1n) is 6.96. The fraction of sp³-hybridized carbons (Fsp3) is 0.786. The maximum Gasteiger partial charge on any atom is 0.411 e. The summed E-state index contributed by atoms with van der Waals surface area (Å²) in [4.78, 5) is 36.4. The van der Waals surface area contributed by atoms with Crippen LogP contribution < -0.4 is 0 Å². The minimum absolute atomic E-state index is 0.114. The molecule has 6 nitrogen and oxygen atoms in total. The molecule has 0 bridgehead atoms. The molecule has 0 aliphatic carbocycles. The fourth-order valence-electron chi connectivity index (χ4n) is 2.08. The van der Waals surface area contributed by atoms with Crippen LogP contribution in [0, 0.1) is 0 Å². The Hall–Kier alpha value is -1.66. The monoisotopic (exact) mass is 303 g/mol. The van der Waals surface area contributed by atoms with E-state index in [9.17, 15) is 18.8 Å². The maximum atomic E-state index is 13.5. The van der Waals surface area contributed by atoms with Crippen molar-refractivity contribution in [1.82, 2.24) is 4.90 Å². The number of hydrogen-bond acceptors (Lipinski definition) is 5. The predicted molar refractivity (Wildman–Crippen MR) is 72.5 cm³/mol. The van der Waals surface area contributed by atoms with Gasteiger partial charge in [-0.3, -0.25) is 14.5 Å². The molecule has 2 unspecified atom stereocenters. The normalized spacial score (nSPS) is 22.0. The number of alkyl halides is 1. The van der Waals surface area contributed by atoms with Gasteiger partial charge in [0.1, 0.15) is 18.2 Å². The van der Waals surface area contributed by atoms with E-state index >= 15 is 0 Å². The molecule has 1 fully saturated rings. The van der Waals surface area contributed by atoms with Crippen molar-refractivity contribution in [3.63, 3.8) is 0 Å². The van der Waals surface area contributed by atoms with Crippen LogP contribution in [0.1, 0.15) is 40.5 Å². The summed E-state index contributed by atoms with van der Waals surface area (Å²) in [6.45, 7) is 6.64. The predicted octanol–water partition coefficient (Wildman–Crippen LogP) is 1.86. The molecular formula is C14H22FNO5. The Balaban J connectivity index is 2.72. The van der Waals surface area contributed by atoms with Crippen LogP contribution in [0.15, 0.2) is 0 Å². The molecule has 0 aromatic heterocycles. The SMILES string of the molecule is CCOC(=O)CC(=O)C1CC(F)CN1C(=O)OC(C)(C)C. The first-order valence-corrected chi connectivity index (χ1v) is 6.96. The lowest BCUT2D eigenvalue weighted by atomic mass is 10.1. The summed E-state index contributed by atoms with van der Waals surface area (Å²) in [5.74, 6) is -1.20. The summed E-state index contributed by atoms with van der Waals surface area (Å²) in [6.07, 6.45) is -2.62. The third kappa shape index (κ3) is 5.32. The maximum absolute atomic E-state index is 13.5. The second kappa shape index (κ2) is 6.87. The molecule has 0 aromatic carbocycles. The number of hydrogen-bond donors (Lipinski definition) is 0. The number of amides is 1. The molecule has 0 N–H and O–H groups in total. The van der Waals surface area contributed by atoms with Crippen LogP contribution in [0.2, 0.25) is 0 Å². The quantitative estimate of drug-likeness (QED) is 0.585. The molecule has 1 aliphatic rings. The lowest BCUT2D eigenvalue weighted by molar-refractivity contribution is -0.146. The zero-order valence-corrected chi connectivity index (χ0v) is 12.8. The largest absolute Gasteiger partial charge is 0.466 e. The Morgan fingerprint density at radius 3 is 2.43 bits per heavy atom. The smallest absolute Gasteiger partial charge is 0.411 e. The molecule has 1 saturated heterocycles.